The maximum atomic E-state index is 12.5. The average molecular weight is 361 g/mol. The van der Waals surface area contributed by atoms with Crippen LogP contribution in [-0.2, 0) is 6.54 Å². The van der Waals surface area contributed by atoms with Gasteiger partial charge in [-0.1, -0.05) is 35.1 Å². The number of rotatable bonds is 3. The highest BCUT2D eigenvalue weighted by Crippen LogP contribution is 2.30. The van der Waals surface area contributed by atoms with Gasteiger partial charge < -0.3 is 9.30 Å². The summed E-state index contributed by atoms with van der Waals surface area (Å²) >= 11 is 7.46. The van der Waals surface area contributed by atoms with Gasteiger partial charge in [0.25, 0.3) is 5.91 Å². The normalized spacial score (nSPS) is 11.9. The topological polar surface area (TPSA) is 43.6 Å². The molecule has 0 aliphatic rings. The lowest BCUT2D eigenvalue weighted by Crippen LogP contribution is -2.16. The predicted molar refractivity (Wildman–Crippen MR) is 98.1 cm³/mol. The fraction of sp³-hybridized carbons (Fsp3) is 0.222. The first kappa shape index (κ1) is 16.7. The summed E-state index contributed by atoms with van der Waals surface area (Å²) in [5, 5.41) is 0.522. The fourth-order valence-electron chi connectivity index (χ4n) is 2.59. The average Bonchev–Trinajstić information content (AvgIpc) is 2.94. The van der Waals surface area contributed by atoms with E-state index < -0.39 is 0 Å². The van der Waals surface area contributed by atoms with Gasteiger partial charge in [-0.05, 0) is 43.7 Å². The Balaban J connectivity index is 2.22. The van der Waals surface area contributed by atoms with Crippen LogP contribution in [0.25, 0.3) is 10.2 Å². The molecule has 1 heterocycles. The molecule has 3 aromatic rings. The van der Waals surface area contributed by atoms with Crippen LogP contribution in [0.3, 0.4) is 0 Å². The van der Waals surface area contributed by atoms with Crippen LogP contribution in [0.2, 0.25) is 5.02 Å². The summed E-state index contributed by atoms with van der Waals surface area (Å²) in [6, 6.07) is 10.8. The van der Waals surface area contributed by atoms with E-state index in [9.17, 15) is 4.79 Å². The number of ether oxygens (including phenoxy) is 1. The van der Waals surface area contributed by atoms with E-state index >= 15 is 0 Å². The minimum atomic E-state index is -0.303. The summed E-state index contributed by atoms with van der Waals surface area (Å²) in [6.07, 6.45) is 0. The molecule has 6 heteroatoms. The van der Waals surface area contributed by atoms with E-state index in [1.54, 1.807) is 31.4 Å². The molecule has 2 aromatic carbocycles. The molecular formula is C18H17ClN2O2S. The molecule has 0 aliphatic heterocycles. The van der Waals surface area contributed by atoms with Crippen LogP contribution in [0, 0.1) is 6.92 Å². The number of nitrogens with zero attached hydrogens (tertiary/aromatic N) is 2. The highest BCUT2D eigenvalue weighted by atomic mass is 35.5. The van der Waals surface area contributed by atoms with Gasteiger partial charge in [-0.15, -0.1) is 0 Å². The van der Waals surface area contributed by atoms with Gasteiger partial charge in [-0.2, -0.15) is 4.99 Å². The summed E-state index contributed by atoms with van der Waals surface area (Å²) < 4.78 is 8.57. The largest absolute Gasteiger partial charge is 0.495 e. The molecule has 0 saturated carbocycles. The van der Waals surface area contributed by atoms with Crippen LogP contribution in [0.5, 0.6) is 5.75 Å². The van der Waals surface area contributed by atoms with Crippen LogP contribution < -0.4 is 9.54 Å². The Bertz CT molecular complexity index is 988. The van der Waals surface area contributed by atoms with Gasteiger partial charge in [-0.3, -0.25) is 4.79 Å². The van der Waals surface area contributed by atoms with E-state index in [0.717, 1.165) is 21.5 Å². The number of halogens is 1. The Kier molecular flexibility index (Phi) is 4.73. The molecular weight excluding hydrogens is 344 g/mol. The van der Waals surface area contributed by atoms with Crippen LogP contribution in [0.15, 0.2) is 41.4 Å². The highest BCUT2D eigenvalue weighted by molar-refractivity contribution is 7.16. The monoisotopic (exact) mass is 360 g/mol. The summed E-state index contributed by atoms with van der Waals surface area (Å²) in [6.45, 7) is 4.76. The molecule has 0 unspecified atom stereocenters. The third kappa shape index (κ3) is 2.97. The van der Waals surface area contributed by atoms with Crippen molar-refractivity contribution in [2.75, 3.05) is 7.11 Å². The molecule has 0 radical (unpaired) electrons. The summed E-state index contributed by atoms with van der Waals surface area (Å²) in [7, 11) is 1.65. The lowest BCUT2D eigenvalue weighted by Gasteiger charge is -2.07. The van der Waals surface area contributed by atoms with Crippen molar-refractivity contribution in [2.24, 2.45) is 4.99 Å². The Labute approximate surface area is 149 Å². The summed E-state index contributed by atoms with van der Waals surface area (Å²) in [5.74, 6) is 0.480. The minimum Gasteiger partial charge on any atom is -0.495 e. The van der Waals surface area contributed by atoms with Crippen molar-refractivity contribution in [1.82, 2.24) is 4.57 Å². The van der Waals surface area contributed by atoms with Gasteiger partial charge in [0, 0.05) is 17.1 Å². The molecule has 124 valence electrons. The van der Waals surface area contributed by atoms with E-state index in [1.807, 2.05) is 30.5 Å². The lowest BCUT2D eigenvalue weighted by molar-refractivity contribution is 0.0998. The number of aromatic nitrogens is 1. The van der Waals surface area contributed by atoms with Gasteiger partial charge in [0.15, 0.2) is 4.80 Å². The number of carbonyl (C=O) groups excluding carboxylic acids is 1. The van der Waals surface area contributed by atoms with Gasteiger partial charge in [-0.25, -0.2) is 0 Å². The van der Waals surface area contributed by atoms with Crippen molar-refractivity contribution in [3.8, 4) is 5.75 Å². The zero-order valence-electron chi connectivity index (χ0n) is 13.7. The van der Waals surface area contributed by atoms with Crippen LogP contribution >= 0.6 is 22.9 Å². The molecule has 0 spiro atoms. The Morgan fingerprint density at radius 2 is 2.12 bits per heavy atom. The van der Waals surface area contributed by atoms with Gasteiger partial charge in [0.1, 0.15) is 11.3 Å². The van der Waals surface area contributed by atoms with Crippen LogP contribution in [0.4, 0.5) is 0 Å². The first-order valence-electron chi connectivity index (χ1n) is 7.56. The predicted octanol–water partition coefficient (Wildman–Crippen LogP) is 4.43. The van der Waals surface area contributed by atoms with Gasteiger partial charge >= 0.3 is 0 Å². The van der Waals surface area contributed by atoms with Crippen molar-refractivity contribution >= 4 is 39.1 Å². The minimum absolute atomic E-state index is 0.303. The van der Waals surface area contributed by atoms with Crippen molar-refractivity contribution in [1.29, 1.82) is 0 Å². The zero-order chi connectivity index (χ0) is 17.3. The van der Waals surface area contributed by atoms with Gasteiger partial charge in [0.2, 0.25) is 0 Å². The van der Waals surface area contributed by atoms with E-state index in [4.69, 9.17) is 16.3 Å². The SMILES string of the molecule is CCn1c(=NC(=O)c2cccc(Cl)c2)sc2c(C)ccc(OC)c21. The third-order valence-electron chi connectivity index (χ3n) is 3.79. The standard InChI is InChI=1S/C18H17ClN2O2S/c1-4-21-15-14(23-3)9-8-11(2)16(15)24-18(21)20-17(22)12-6-5-7-13(19)10-12/h5-10H,4H2,1-3H3. The molecule has 0 N–H and O–H groups in total. The first-order valence-corrected chi connectivity index (χ1v) is 8.76. The number of benzene rings is 2. The number of methoxy groups -OCH3 is 1. The van der Waals surface area contributed by atoms with Crippen molar-refractivity contribution in [2.45, 2.75) is 20.4 Å². The second kappa shape index (κ2) is 6.79. The Morgan fingerprint density at radius 1 is 1.33 bits per heavy atom. The van der Waals surface area contributed by atoms with E-state index in [2.05, 4.69) is 4.99 Å². The molecule has 24 heavy (non-hydrogen) atoms. The second-order valence-corrected chi connectivity index (χ2v) is 6.73. The molecule has 0 atom stereocenters. The van der Waals surface area contributed by atoms with Crippen molar-refractivity contribution < 1.29 is 9.53 Å². The number of thiazole rings is 1. The summed E-state index contributed by atoms with van der Waals surface area (Å²) in [4.78, 5) is 17.5. The second-order valence-electron chi connectivity index (χ2n) is 5.32. The molecule has 0 fully saturated rings. The quantitative estimate of drug-likeness (QED) is 0.693. The molecule has 0 saturated heterocycles. The fourth-order valence-corrected chi connectivity index (χ4v) is 3.96. The first-order chi connectivity index (χ1) is 11.5. The van der Waals surface area contributed by atoms with Crippen LogP contribution in [0.1, 0.15) is 22.8 Å². The maximum Gasteiger partial charge on any atom is 0.279 e. The summed E-state index contributed by atoms with van der Waals surface area (Å²) in [5.41, 5.74) is 2.59. The number of amides is 1. The molecule has 4 nitrogen and oxygen atoms in total. The highest BCUT2D eigenvalue weighted by Gasteiger charge is 2.14. The van der Waals surface area contributed by atoms with E-state index in [1.165, 1.54) is 11.3 Å². The van der Waals surface area contributed by atoms with E-state index in [0.29, 0.717) is 21.9 Å². The molecule has 1 amide bonds. The number of aryl methyl sites for hydroxylation is 2. The van der Waals surface area contributed by atoms with Crippen LogP contribution in [-0.4, -0.2) is 17.6 Å². The van der Waals surface area contributed by atoms with E-state index in [-0.39, 0.29) is 5.91 Å². The number of hydrogen-bond donors (Lipinski definition) is 0. The third-order valence-corrected chi connectivity index (χ3v) is 5.24. The lowest BCUT2D eigenvalue weighted by atomic mass is 10.2. The Morgan fingerprint density at radius 3 is 2.79 bits per heavy atom. The van der Waals surface area contributed by atoms with Crippen molar-refractivity contribution in [3.63, 3.8) is 0 Å². The number of carbonyl (C=O) groups is 1. The Hall–Kier alpha value is -2.11. The molecule has 1 aromatic heterocycles. The zero-order valence-corrected chi connectivity index (χ0v) is 15.2. The number of hydrogen-bond acceptors (Lipinski definition) is 3. The van der Waals surface area contributed by atoms with Gasteiger partial charge in [0.05, 0.1) is 11.8 Å². The molecule has 0 bridgehead atoms. The maximum absolute atomic E-state index is 12.5. The van der Waals surface area contributed by atoms with Crippen molar-refractivity contribution in [3.05, 3.63) is 57.3 Å². The molecule has 0 aliphatic carbocycles. The smallest absolute Gasteiger partial charge is 0.279 e. The molecule has 3 rings (SSSR count). The number of fused-ring (bicyclic) bond motifs is 1.